The topological polar surface area (TPSA) is 35.2 Å². The van der Waals surface area contributed by atoms with Crippen molar-refractivity contribution in [3.05, 3.63) is 29.6 Å². The van der Waals surface area contributed by atoms with Crippen LogP contribution in [-0.2, 0) is 0 Å². The summed E-state index contributed by atoms with van der Waals surface area (Å²) in [6.45, 7) is 0. The molecule has 1 fully saturated rings. The Kier molecular flexibility index (Phi) is 2.91. The number of ether oxygens (including phenoxy) is 1. The monoisotopic (exact) mass is 209 g/mol. The number of methoxy groups -OCH3 is 1. The van der Waals surface area contributed by atoms with E-state index in [1.54, 1.807) is 19.2 Å². The fraction of sp³-hybridized carbons (Fsp3) is 0.500. The average Bonchev–Trinajstić information content (AvgIpc) is 3.02. The molecule has 2 N–H and O–H groups in total. The highest BCUT2D eigenvalue weighted by molar-refractivity contribution is 5.31. The SMILES string of the molecule is COc1ccc(F)c([C@@H](N)CC2CC2)c1. The molecular formula is C12H16FNO. The fourth-order valence-electron chi connectivity index (χ4n) is 1.77. The third-order valence-corrected chi connectivity index (χ3v) is 2.89. The van der Waals surface area contributed by atoms with Crippen LogP contribution in [0.4, 0.5) is 4.39 Å². The molecule has 1 saturated carbocycles. The van der Waals surface area contributed by atoms with Crippen molar-refractivity contribution in [2.24, 2.45) is 11.7 Å². The first-order chi connectivity index (χ1) is 7.20. The number of nitrogens with two attached hydrogens (primary N) is 1. The van der Waals surface area contributed by atoms with Crippen molar-refractivity contribution < 1.29 is 9.13 Å². The molecule has 82 valence electrons. The lowest BCUT2D eigenvalue weighted by molar-refractivity contribution is 0.411. The van der Waals surface area contributed by atoms with E-state index in [0.29, 0.717) is 17.2 Å². The van der Waals surface area contributed by atoms with Gasteiger partial charge in [0.1, 0.15) is 11.6 Å². The molecule has 0 spiro atoms. The van der Waals surface area contributed by atoms with Crippen molar-refractivity contribution in [3.63, 3.8) is 0 Å². The van der Waals surface area contributed by atoms with Gasteiger partial charge in [-0.3, -0.25) is 0 Å². The van der Waals surface area contributed by atoms with Gasteiger partial charge in [0.25, 0.3) is 0 Å². The minimum Gasteiger partial charge on any atom is -0.497 e. The Bertz CT molecular complexity index is 349. The van der Waals surface area contributed by atoms with Gasteiger partial charge in [-0.1, -0.05) is 12.8 Å². The number of benzene rings is 1. The van der Waals surface area contributed by atoms with Crippen molar-refractivity contribution in [1.29, 1.82) is 0 Å². The maximum absolute atomic E-state index is 13.5. The lowest BCUT2D eigenvalue weighted by Gasteiger charge is -2.13. The molecule has 0 heterocycles. The molecule has 1 atom stereocenters. The van der Waals surface area contributed by atoms with Crippen LogP contribution in [0.2, 0.25) is 0 Å². The molecule has 0 radical (unpaired) electrons. The Hall–Kier alpha value is -1.09. The average molecular weight is 209 g/mol. The lowest BCUT2D eigenvalue weighted by Crippen LogP contribution is -2.13. The Morgan fingerprint density at radius 1 is 1.53 bits per heavy atom. The maximum atomic E-state index is 13.5. The summed E-state index contributed by atoms with van der Waals surface area (Å²) in [6, 6.07) is 4.53. The predicted octanol–water partition coefficient (Wildman–Crippen LogP) is 2.63. The van der Waals surface area contributed by atoms with Gasteiger partial charge in [-0.25, -0.2) is 4.39 Å². The molecule has 0 bridgehead atoms. The van der Waals surface area contributed by atoms with Gasteiger partial charge in [0.15, 0.2) is 0 Å². The molecule has 2 nitrogen and oxygen atoms in total. The summed E-state index contributed by atoms with van der Waals surface area (Å²) in [4.78, 5) is 0. The molecule has 3 heteroatoms. The molecule has 0 amide bonds. The molecule has 0 aromatic heterocycles. The molecule has 1 aromatic rings. The summed E-state index contributed by atoms with van der Waals surface area (Å²) in [5.41, 5.74) is 6.54. The van der Waals surface area contributed by atoms with Crippen LogP contribution in [0.25, 0.3) is 0 Å². The summed E-state index contributed by atoms with van der Waals surface area (Å²) in [5.74, 6) is 1.13. The molecule has 0 saturated heterocycles. The fourth-order valence-corrected chi connectivity index (χ4v) is 1.77. The maximum Gasteiger partial charge on any atom is 0.128 e. The molecule has 2 rings (SSSR count). The minimum atomic E-state index is -0.232. The summed E-state index contributed by atoms with van der Waals surface area (Å²) < 4.78 is 18.6. The highest BCUT2D eigenvalue weighted by Gasteiger charge is 2.25. The van der Waals surface area contributed by atoms with Crippen molar-refractivity contribution in [2.75, 3.05) is 7.11 Å². The van der Waals surface area contributed by atoms with Crippen LogP contribution >= 0.6 is 0 Å². The van der Waals surface area contributed by atoms with E-state index in [2.05, 4.69) is 0 Å². The first-order valence-corrected chi connectivity index (χ1v) is 5.29. The van der Waals surface area contributed by atoms with Crippen molar-refractivity contribution in [1.82, 2.24) is 0 Å². The van der Waals surface area contributed by atoms with Crippen LogP contribution in [0.1, 0.15) is 30.9 Å². The van der Waals surface area contributed by atoms with Crippen LogP contribution in [0.5, 0.6) is 5.75 Å². The second-order valence-electron chi connectivity index (χ2n) is 4.17. The quantitative estimate of drug-likeness (QED) is 0.827. The van der Waals surface area contributed by atoms with Crippen molar-refractivity contribution in [3.8, 4) is 5.75 Å². The van der Waals surface area contributed by atoms with E-state index in [1.165, 1.54) is 18.9 Å². The third-order valence-electron chi connectivity index (χ3n) is 2.89. The highest BCUT2D eigenvalue weighted by Crippen LogP contribution is 2.37. The molecule has 1 aromatic carbocycles. The van der Waals surface area contributed by atoms with Crippen molar-refractivity contribution >= 4 is 0 Å². The van der Waals surface area contributed by atoms with Crippen LogP contribution in [0, 0.1) is 11.7 Å². The largest absolute Gasteiger partial charge is 0.497 e. The van der Waals surface area contributed by atoms with E-state index in [4.69, 9.17) is 10.5 Å². The van der Waals surface area contributed by atoms with Gasteiger partial charge in [-0.2, -0.15) is 0 Å². The van der Waals surface area contributed by atoms with Gasteiger partial charge >= 0.3 is 0 Å². The number of halogens is 1. The standard InChI is InChI=1S/C12H16FNO/c1-15-9-4-5-11(13)10(7-9)12(14)6-8-2-3-8/h4-5,7-8,12H,2-3,6,14H2,1H3/t12-/m0/s1. The number of rotatable bonds is 4. The van der Waals surface area contributed by atoms with E-state index in [9.17, 15) is 4.39 Å². The smallest absolute Gasteiger partial charge is 0.128 e. The van der Waals surface area contributed by atoms with E-state index in [-0.39, 0.29) is 11.9 Å². The second kappa shape index (κ2) is 4.19. The van der Waals surface area contributed by atoms with Crippen molar-refractivity contribution in [2.45, 2.75) is 25.3 Å². The molecule has 15 heavy (non-hydrogen) atoms. The van der Waals surface area contributed by atoms with E-state index in [0.717, 1.165) is 6.42 Å². The molecule has 0 unspecified atom stereocenters. The Labute approximate surface area is 89.2 Å². The first-order valence-electron chi connectivity index (χ1n) is 5.29. The van der Waals surface area contributed by atoms with E-state index in [1.807, 2.05) is 0 Å². The van der Waals surface area contributed by atoms with Gasteiger partial charge in [-0.15, -0.1) is 0 Å². The van der Waals surface area contributed by atoms with Gasteiger partial charge in [0, 0.05) is 11.6 Å². The highest BCUT2D eigenvalue weighted by atomic mass is 19.1. The third kappa shape index (κ3) is 2.48. The molecular weight excluding hydrogens is 193 g/mol. The van der Waals surface area contributed by atoms with Crippen LogP contribution in [0.15, 0.2) is 18.2 Å². The Balaban J connectivity index is 2.16. The molecule has 0 aliphatic heterocycles. The van der Waals surface area contributed by atoms with Crippen LogP contribution in [-0.4, -0.2) is 7.11 Å². The summed E-state index contributed by atoms with van der Waals surface area (Å²) >= 11 is 0. The summed E-state index contributed by atoms with van der Waals surface area (Å²) in [6.07, 6.45) is 3.35. The van der Waals surface area contributed by atoms with E-state index < -0.39 is 0 Å². The number of hydrogen-bond acceptors (Lipinski definition) is 2. The normalized spacial score (nSPS) is 17.5. The summed E-state index contributed by atoms with van der Waals surface area (Å²) in [5, 5.41) is 0. The number of hydrogen-bond donors (Lipinski definition) is 1. The van der Waals surface area contributed by atoms with Gasteiger partial charge < -0.3 is 10.5 Å². The second-order valence-corrected chi connectivity index (χ2v) is 4.17. The first kappa shape index (κ1) is 10.4. The zero-order chi connectivity index (χ0) is 10.8. The predicted molar refractivity (Wildman–Crippen MR) is 57.2 cm³/mol. The van der Waals surface area contributed by atoms with Crippen LogP contribution in [0.3, 0.4) is 0 Å². The minimum absolute atomic E-state index is 0.201. The zero-order valence-electron chi connectivity index (χ0n) is 8.87. The summed E-state index contributed by atoms with van der Waals surface area (Å²) in [7, 11) is 1.57. The van der Waals surface area contributed by atoms with Crippen LogP contribution < -0.4 is 10.5 Å². The Morgan fingerprint density at radius 3 is 2.87 bits per heavy atom. The Morgan fingerprint density at radius 2 is 2.27 bits per heavy atom. The van der Waals surface area contributed by atoms with Gasteiger partial charge in [0.2, 0.25) is 0 Å². The van der Waals surface area contributed by atoms with E-state index >= 15 is 0 Å². The lowest BCUT2D eigenvalue weighted by atomic mass is 10.0. The van der Waals surface area contributed by atoms with Gasteiger partial charge in [-0.05, 0) is 30.5 Å². The molecule has 1 aliphatic rings. The van der Waals surface area contributed by atoms with Gasteiger partial charge in [0.05, 0.1) is 7.11 Å². The zero-order valence-corrected chi connectivity index (χ0v) is 8.87. The molecule has 1 aliphatic carbocycles.